The van der Waals surface area contributed by atoms with Crippen molar-refractivity contribution in [2.75, 3.05) is 0 Å². The number of benzene rings is 1. The molecule has 0 fully saturated rings. The van der Waals surface area contributed by atoms with Gasteiger partial charge in [-0.15, -0.1) is 0 Å². The molecular weight excluding hydrogens is 351 g/mol. The number of rotatable bonds is 7. The van der Waals surface area contributed by atoms with Crippen molar-refractivity contribution in [3.8, 4) is 0 Å². The summed E-state index contributed by atoms with van der Waals surface area (Å²) in [5.41, 5.74) is 1.01. The van der Waals surface area contributed by atoms with Crippen LogP contribution in [0, 0.1) is 0 Å². The van der Waals surface area contributed by atoms with Gasteiger partial charge in [0.15, 0.2) is 0 Å². The van der Waals surface area contributed by atoms with E-state index in [2.05, 4.69) is 30.3 Å². The smallest absolute Gasteiger partial charge is 0.135 e. The summed E-state index contributed by atoms with van der Waals surface area (Å²) in [6.07, 6.45) is 2.14. The summed E-state index contributed by atoms with van der Waals surface area (Å²) in [6, 6.07) is 5.53. The molecule has 23 heavy (non-hydrogen) atoms. The van der Waals surface area contributed by atoms with E-state index >= 15 is 0 Å². The fourth-order valence-corrected chi connectivity index (χ4v) is 4.30. The first-order chi connectivity index (χ1) is 11.0. The van der Waals surface area contributed by atoms with Gasteiger partial charge in [-0.25, -0.2) is 4.98 Å². The topological polar surface area (TPSA) is 38.0 Å². The second kappa shape index (κ2) is 8.43. The Labute approximate surface area is 152 Å². The molecule has 3 nitrogen and oxygen atoms in total. The SMILES string of the molecule is CCCCn1c(CO)nc(C(C)C)c1Sc1cc(Cl)cc(Cl)c1. The van der Waals surface area contributed by atoms with E-state index in [1.807, 2.05) is 12.1 Å². The van der Waals surface area contributed by atoms with Gasteiger partial charge in [-0.2, -0.15) is 0 Å². The summed E-state index contributed by atoms with van der Waals surface area (Å²) >= 11 is 13.8. The lowest BCUT2D eigenvalue weighted by molar-refractivity contribution is 0.263. The number of imidazole rings is 1. The Bertz CT molecular complexity index is 651. The number of aliphatic hydroxyl groups excluding tert-OH is 1. The van der Waals surface area contributed by atoms with Crippen LogP contribution in [-0.4, -0.2) is 14.7 Å². The number of hydrogen-bond acceptors (Lipinski definition) is 3. The summed E-state index contributed by atoms with van der Waals surface area (Å²) in [5, 5.41) is 12.0. The van der Waals surface area contributed by atoms with Gasteiger partial charge >= 0.3 is 0 Å². The Morgan fingerprint density at radius 3 is 2.39 bits per heavy atom. The van der Waals surface area contributed by atoms with E-state index in [-0.39, 0.29) is 12.5 Å². The molecular formula is C17H22Cl2N2OS. The van der Waals surface area contributed by atoms with Crippen LogP contribution < -0.4 is 0 Å². The molecule has 1 N–H and O–H groups in total. The van der Waals surface area contributed by atoms with Gasteiger partial charge in [0.2, 0.25) is 0 Å². The summed E-state index contributed by atoms with van der Waals surface area (Å²) in [6.45, 7) is 7.18. The summed E-state index contributed by atoms with van der Waals surface area (Å²) in [4.78, 5) is 5.63. The lowest BCUT2D eigenvalue weighted by Crippen LogP contribution is -2.05. The maximum atomic E-state index is 9.66. The predicted octanol–water partition coefficient (Wildman–Crippen LogP) is 5.76. The second-order valence-corrected chi connectivity index (χ2v) is 7.68. The number of aliphatic hydroxyl groups is 1. The highest BCUT2D eigenvalue weighted by atomic mass is 35.5. The zero-order chi connectivity index (χ0) is 17.0. The van der Waals surface area contributed by atoms with Crippen molar-refractivity contribution < 1.29 is 5.11 Å². The maximum absolute atomic E-state index is 9.66. The lowest BCUT2D eigenvalue weighted by Gasteiger charge is -2.12. The van der Waals surface area contributed by atoms with Crippen molar-refractivity contribution >= 4 is 35.0 Å². The van der Waals surface area contributed by atoms with E-state index in [0.717, 1.165) is 40.8 Å². The Morgan fingerprint density at radius 2 is 1.87 bits per heavy atom. The molecule has 0 radical (unpaired) electrons. The van der Waals surface area contributed by atoms with Gasteiger partial charge in [0, 0.05) is 21.5 Å². The molecule has 0 aliphatic heterocycles. The van der Waals surface area contributed by atoms with E-state index < -0.39 is 0 Å². The van der Waals surface area contributed by atoms with Gasteiger partial charge in [0.05, 0.1) is 5.69 Å². The van der Waals surface area contributed by atoms with Gasteiger partial charge in [0.25, 0.3) is 0 Å². The zero-order valence-corrected chi connectivity index (χ0v) is 16.0. The van der Waals surface area contributed by atoms with Crippen molar-refractivity contribution in [3.05, 3.63) is 39.8 Å². The van der Waals surface area contributed by atoms with Crippen LogP contribution in [0.2, 0.25) is 10.0 Å². The van der Waals surface area contributed by atoms with Crippen molar-refractivity contribution in [2.45, 2.75) is 62.6 Å². The third kappa shape index (κ3) is 4.66. The molecule has 1 aromatic carbocycles. The lowest BCUT2D eigenvalue weighted by atomic mass is 10.1. The maximum Gasteiger partial charge on any atom is 0.135 e. The van der Waals surface area contributed by atoms with Crippen LogP contribution in [0.3, 0.4) is 0 Å². The molecule has 0 spiro atoms. The molecule has 0 atom stereocenters. The summed E-state index contributed by atoms with van der Waals surface area (Å²) in [7, 11) is 0. The molecule has 0 amide bonds. The minimum Gasteiger partial charge on any atom is -0.388 e. The molecule has 6 heteroatoms. The predicted molar refractivity (Wildman–Crippen MR) is 97.7 cm³/mol. The largest absolute Gasteiger partial charge is 0.388 e. The number of halogens is 2. The van der Waals surface area contributed by atoms with E-state index in [0.29, 0.717) is 10.0 Å². The van der Waals surface area contributed by atoms with Crippen molar-refractivity contribution in [2.24, 2.45) is 0 Å². The Hall–Kier alpha value is -0.680. The first-order valence-corrected chi connectivity index (χ1v) is 9.37. The average molecular weight is 373 g/mol. The van der Waals surface area contributed by atoms with Crippen LogP contribution in [0.1, 0.15) is 51.0 Å². The fraction of sp³-hybridized carbons (Fsp3) is 0.471. The number of hydrogen-bond donors (Lipinski definition) is 1. The molecule has 126 valence electrons. The van der Waals surface area contributed by atoms with Crippen LogP contribution in [0.25, 0.3) is 0 Å². The molecule has 0 unspecified atom stereocenters. The fourth-order valence-electron chi connectivity index (χ4n) is 2.35. The first-order valence-electron chi connectivity index (χ1n) is 7.80. The van der Waals surface area contributed by atoms with E-state index in [9.17, 15) is 5.11 Å². The molecule has 1 aromatic heterocycles. The van der Waals surface area contributed by atoms with Crippen LogP contribution in [-0.2, 0) is 13.2 Å². The number of aromatic nitrogens is 2. The Balaban J connectivity index is 2.46. The van der Waals surface area contributed by atoms with Gasteiger partial charge in [-0.3, -0.25) is 0 Å². The van der Waals surface area contributed by atoms with Gasteiger partial charge in [-0.1, -0.05) is 62.2 Å². The van der Waals surface area contributed by atoms with Crippen molar-refractivity contribution in [3.63, 3.8) is 0 Å². The Morgan fingerprint density at radius 1 is 1.22 bits per heavy atom. The molecule has 0 bridgehead atoms. The molecule has 2 rings (SSSR count). The van der Waals surface area contributed by atoms with Gasteiger partial charge < -0.3 is 9.67 Å². The molecule has 1 heterocycles. The van der Waals surface area contributed by atoms with E-state index in [4.69, 9.17) is 23.2 Å². The van der Waals surface area contributed by atoms with E-state index in [1.165, 1.54) is 0 Å². The molecule has 0 saturated carbocycles. The normalized spacial score (nSPS) is 11.4. The van der Waals surface area contributed by atoms with Crippen molar-refractivity contribution in [1.82, 2.24) is 9.55 Å². The third-order valence-corrected chi connectivity index (χ3v) is 5.03. The van der Waals surface area contributed by atoms with Crippen LogP contribution in [0.5, 0.6) is 0 Å². The molecule has 2 aromatic rings. The summed E-state index contributed by atoms with van der Waals surface area (Å²) in [5.74, 6) is 0.998. The second-order valence-electron chi connectivity index (χ2n) is 5.74. The standard InChI is InChI=1S/C17H22Cl2N2OS/c1-4-5-6-21-15(10-22)20-16(11(2)3)17(21)23-14-8-12(18)7-13(19)9-14/h7-9,11,22H,4-6,10H2,1-3H3. The first kappa shape index (κ1) is 18.7. The van der Waals surface area contributed by atoms with Crippen LogP contribution in [0.15, 0.2) is 28.1 Å². The zero-order valence-electron chi connectivity index (χ0n) is 13.6. The number of unbranched alkanes of at least 4 members (excludes halogenated alkanes) is 1. The minimum atomic E-state index is -0.0553. The highest BCUT2D eigenvalue weighted by Gasteiger charge is 2.20. The Kier molecular flexibility index (Phi) is 6.84. The summed E-state index contributed by atoms with van der Waals surface area (Å²) < 4.78 is 2.12. The average Bonchev–Trinajstić information content (AvgIpc) is 2.82. The third-order valence-electron chi connectivity index (χ3n) is 3.50. The van der Waals surface area contributed by atoms with Gasteiger partial charge in [-0.05, 0) is 30.5 Å². The van der Waals surface area contributed by atoms with Crippen LogP contribution in [0.4, 0.5) is 0 Å². The van der Waals surface area contributed by atoms with Gasteiger partial charge in [0.1, 0.15) is 17.5 Å². The quantitative estimate of drug-likeness (QED) is 0.671. The van der Waals surface area contributed by atoms with Crippen molar-refractivity contribution in [1.29, 1.82) is 0 Å². The molecule has 0 saturated heterocycles. The minimum absolute atomic E-state index is 0.0553. The monoisotopic (exact) mass is 372 g/mol. The van der Waals surface area contributed by atoms with E-state index in [1.54, 1.807) is 17.8 Å². The molecule has 0 aliphatic carbocycles. The highest BCUT2D eigenvalue weighted by molar-refractivity contribution is 7.99. The molecule has 0 aliphatic rings. The number of nitrogens with zero attached hydrogens (tertiary/aromatic N) is 2. The highest BCUT2D eigenvalue weighted by Crippen LogP contribution is 2.37. The van der Waals surface area contributed by atoms with Crippen LogP contribution >= 0.6 is 35.0 Å².